The molecule has 282 valence electrons. The molecule has 3 N–H and O–H groups in total. The molecule has 2 aliphatic rings. The average molecular weight is 759 g/mol. The fourth-order valence-electron chi connectivity index (χ4n) is 7.16. The van der Waals surface area contributed by atoms with E-state index in [-0.39, 0.29) is 47.0 Å². The highest BCUT2D eigenvalue weighted by molar-refractivity contribution is 6.07. The second-order valence-corrected chi connectivity index (χ2v) is 13.3. The molecule has 0 atom stereocenters. The quantitative estimate of drug-likeness (QED) is 0.0694. The summed E-state index contributed by atoms with van der Waals surface area (Å²) in [7, 11) is 2.58. The molecule has 0 fully saturated rings. The van der Waals surface area contributed by atoms with Crippen molar-refractivity contribution in [3.63, 3.8) is 0 Å². The van der Waals surface area contributed by atoms with E-state index >= 15 is 0 Å². The van der Waals surface area contributed by atoms with Gasteiger partial charge in [-0.1, -0.05) is 60.7 Å². The number of para-hydroxylation sites is 2. The Morgan fingerprint density at radius 2 is 1.33 bits per heavy atom. The number of hydrogen-bond donors (Lipinski definition) is 3. The normalized spacial score (nSPS) is 11.2. The number of benzene rings is 5. The molecular formula is C45H34N4O8. The minimum absolute atomic E-state index is 0.00117. The van der Waals surface area contributed by atoms with Crippen molar-refractivity contribution in [2.24, 2.45) is 0 Å². The molecule has 3 heterocycles. The first kappa shape index (κ1) is 36.4. The van der Waals surface area contributed by atoms with Crippen LogP contribution in [0.3, 0.4) is 0 Å². The summed E-state index contributed by atoms with van der Waals surface area (Å²) in [6.45, 7) is 1.82. The molecule has 0 unspecified atom stereocenters. The minimum Gasteiger partial charge on any atom is -0.507 e. The maximum atomic E-state index is 13.8. The Bertz CT molecular complexity index is 2960. The van der Waals surface area contributed by atoms with Gasteiger partial charge in [0, 0.05) is 45.9 Å². The van der Waals surface area contributed by atoms with Crippen LogP contribution in [0.4, 0.5) is 11.4 Å². The molecule has 0 amide bonds. The van der Waals surface area contributed by atoms with E-state index in [0.29, 0.717) is 66.8 Å². The number of fused-ring (bicyclic) bond motifs is 4. The third kappa shape index (κ3) is 6.52. The van der Waals surface area contributed by atoms with Crippen LogP contribution in [0.15, 0.2) is 112 Å². The lowest BCUT2D eigenvalue weighted by atomic mass is 9.88. The van der Waals surface area contributed by atoms with Crippen molar-refractivity contribution in [2.75, 3.05) is 24.9 Å². The Morgan fingerprint density at radius 1 is 0.737 bits per heavy atom. The predicted octanol–water partition coefficient (Wildman–Crippen LogP) is 8.29. The Hall–Kier alpha value is -7.60. The van der Waals surface area contributed by atoms with Crippen LogP contribution in [0.5, 0.6) is 5.75 Å². The molecule has 0 radical (unpaired) electrons. The van der Waals surface area contributed by atoms with Crippen molar-refractivity contribution < 1.29 is 33.4 Å². The smallest absolute Gasteiger partial charge is 0.356 e. The molecule has 2 aromatic heterocycles. The van der Waals surface area contributed by atoms with Crippen molar-refractivity contribution in [1.29, 1.82) is 0 Å². The highest BCUT2D eigenvalue weighted by atomic mass is 16.5. The second-order valence-electron chi connectivity index (χ2n) is 13.3. The number of esters is 2. The van der Waals surface area contributed by atoms with Gasteiger partial charge in [-0.05, 0) is 60.5 Å². The van der Waals surface area contributed by atoms with Gasteiger partial charge < -0.3 is 29.6 Å². The molecule has 6 aromatic rings. The number of hydrogen-bond acceptors (Lipinski definition) is 12. The molecule has 1 aliphatic carbocycles. The number of ether oxygens (including phenoxy) is 2. The molecule has 4 aromatic carbocycles. The zero-order valence-electron chi connectivity index (χ0n) is 31.0. The summed E-state index contributed by atoms with van der Waals surface area (Å²) >= 11 is 0. The molecular weight excluding hydrogens is 725 g/mol. The number of pyridine rings is 2. The van der Waals surface area contributed by atoms with Gasteiger partial charge in [-0.25, -0.2) is 19.6 Å². The van der Waals surface area contributed by atoms with Crippen LogP contribution >= 0.6 is 0 Å². The van der Waals surface area contributed by atoms with Gasteiger partial charge >= 0.3 is 11.9 Å². The Morgan fingerprint density at radius 3 is 1.93 bits per heavy atom. The number of rotatable bonds is 10. The van der Waals surface area contributed by atoms with E-state index < -0.39 is 11.9 Å². The number of carbonyl (C=O) groups is 3. The van der Waals surface area contributed by atoms with E-state index in [1.54, 1.807) is 61.5 Å². The fraction of sp³-hybridized carbons (Fsp3) is 0.111. The van der Waals surface area contributed by atoms with Gasteiger partial charge in [0.1, 0.15) is 28.5 Å². The summed E-state index contributed by atoms with van der Waals surface area (Å²) in [5, 5.41) is 20.5. The number of aromatic hydroxyl groups is 1. The van der Waals surface area contributed by atoms with Crippen LogP contribution in [0.2, 0.25) is 0 Å². The number of phenols is 1. The van der Waals surface area contributed by atoms with E-state index in [9.17, 15) is 24.3 Å². The summed E-state index contributed by atoms with van der Waals surface area (Å²) in [5.41, 5.74) is 5.93. The van der Waals surface area contributed by atoms with Gasteiger partial charge in [0.05, 0.1) is 47.8 Å². The molecule has 12 nitrogen and oxygen atoms in total. The van der Waals surface area contributed by atoms with Gasteiger partial charge in [0.2, 0.25) is 0 Å². The van der Waals surface area contributed by atoms with Crippen molar-refractivity contribution in [1.82, 2.24) is 9.97 Å². The number of methoxy groups -OCH3 is 2. The van der Waals surface area contributed by atoms with Crippen LogP contribution in [0.1, 0.15) is 48.0 Å². The monoisotopic (exact) mass is 758 g/mol. The first-order chi connectivity index (χ1) is 27.7. The first-order valence-electron chi connectivity index (χ1n) is 17.9. The number of phenolic OH excluding ortho intramolecular Hbond substituents is 1. The third-order valence-corrected chi connectivity index (χ3v) is 10.00. The molecule has 57 heavy (non-hydrogen) atoms. The molecule has 0 spiro atoms. The molecule has 0 saturated carbocycles. The zero-order valence-corrected chi connectivity index (χ0v) is 31.0. The SMILES string of the molecule is COC(=O)c1ccc2cccc(NCc3c4oc5c(CNc6cccc7ccc(C(=O)OC)nc67)c(O)c(C)cc5c(-c5ccccc5C=O)c-4ccc3=O)c2n1. The fourth-order valence-corrected chi connectivity index (χ4v) is 7.16. The van der Waals surface area contributed by atoms with Gasteiger partial charge in [-0.2, -0.15) is 0 Å². The van der Waals surface area contributed by atoms with Crippen LogP contribution in [-0.4, -0.2) is 47.5 Å². The molecule has 0 saturated heterocycles. The van der Waals surface area contributed by atoms with Crippen LogP contribution in [0, 0.1) is 6.92 Å². The predicted molar refractivity (Wildman–Crippen MR) is 217 cm³/mol. The van der Waals surface area contributed by atoms with Crippen molar-refractivity contribution in [3.8, 4) is 28.2 Å². The molecule has 1 aliphatic heterocycles. The number of nitrogens with zero attached hydrogens (tertiary/aromatic N) is 2. The second kappa shape index (κ2) is 14.9. The van der Waals surface area contributed by atoms with Gasteiger partial charge in [0.15, 0.2) is 11.7 Å². The standard InChI is InChI=1S/C45H34N4O8/c1-24-20-30-38(28-11-5-4-8-27(28)23-50)29-16-19-37(51)31(21-46-33-12-6-9-25-14-17-35(44(53)55-2)48-39(25)33)42(29)57-43(30)32(41(24)52)22-47-34-13-7-10-26-15-18-36(45(54)56-3)49-40(26)34/h4-20,23,46-47,52H,21-22H2,1-3H3. The van der Waals surface area contributed by atoms with Crippen molar-refractivity contribution in [3.05, 3.63) is 147 Å². The average Bonchev–Trinajstić information content (AvgIpc) is 3.24. The van der Waals surface area contributed by atoms with Gasteiger partial charge in [0.25, 0.3) is 0 Å². The lowest BCUT2D eigenvalue weighted by Gasteiger charge is -2.22. The van der Waals surface area contributed by atoms with Crippen molar-refractivity contribution in [2.45, 2.75) is 20.0 Å². The van der Waals surface area contributed by atoms with Crippen molar-refractivity contribution >= 4 is 62.4 Å². The first-order valence-corrected chi connectivity index (χ1v) is 17.9. The van der Waals surface area contributed by atoms with Gasteiger partial charge in [-0.3, -0.25) is 9.59 Å². The number of aromatic nitrogens is 2. The number of carbonyl (C=O) groups excluding carboxylic acids is 3. The Labute approximate surface area is 325 Å². The largest absolute Gasteiger partial charge is 0.507 e. The van der Waals surface area contributed by atoms with E-state index in [1.165, 1.54) is 20.3 Å². The topological polar surface area (TPSA) is 170 Å². The third-order valence-electron chi connectivity index (χ3n) is 10.00. The summed E-state index contributed by atoms with van der Waals surface area (Å²) in [4.78, 5) is 60.0. The lowest BCUT2D eigenvalue weighted by Crippen LogP contribution is -2.15. The van der Waals surface area contributed by atoms with E-state index in [1.807, 2.05) is 42.5 Å². The number of nitrogens with one attached hydrogen (secondary N) is 2. The van der Waals surface area contributed by atoms with Crippen LogP contribution < -0.4 is 16.1 Å². The molecule has 0 bridgehead atoms. The minimum atomic E-state index is -0.581. The summed E-state index contributed by atoms with van der Waals surface area (Å²) < 4.78 is 16.5. The summed E-state index contributed by atoms with van der Waals surface area (Å²) in [6, 6.07) is 29.9. The number of anilines is 2. The highest BCUT2D eigenvalue weighted by Gasteiger charge is 2.26. The lowest BCUT2D eigenvalue weighted by molar-refractivity contribution is 0.0586. The van der Waals surface area contributed by atoms with E-state index in [0.717, 1.165) is 17.1 Å². The van der Waals surface area contributed by atoms with Gasteiger partial charge in [-0.15, -0.1) is 0 Å². The highest BCUT2D eigenvalue weighted by Crippen LogP contribution is 2.45. The zero-order chi connectivity index (χ0) is 39.8. The Kier molecular flexibility index (Phi) is 9.52. The maximum absolute atomic E-state index is 13.8. The van der Waals surface area contributed by atoms with Crippen LogP contribution in [0.25, 0.3) is 55.2 Å². The number of aryl methyl sites for hydroxylation is 1. The summed E-state index contributed by atoms with van der Waals surface area (Å²) in [6.07, 6.45) is 0.781. The molecule has 8 rings (SSSR count). The van der Waals surface area contributed by atoms with E-state index in [2.05, 4.69) is 20.6 Å². The Balaban J connectivity index is 1.31. The summed E-state index contributed by atoms with van der Waals surface area (Å²) in [5.74, 6) is -0.936. The van der Waals surface area contributed by atoms with E-state index in [4.69, 9.17) is 13.9 Å². The van der Waals surface area contributed by atoms with Crippen LogP contribution in [-0.2, 0) is 22.6 Å². The number of aldehydes is 1. The molecule has 12 heteroatoms. The maximum Gasteiger partial charge on any atom is 0.356 e.